The van der Waals surface area contributed by atoms with Gasteiger partial charge in [-0.25, -0.2) is 0 Å². The molecule has 1 aromatic carbocycles. The van der Waals surface area contributed by atoms with Crippen molar-refractivity contribution in [1.29, 1.82) is 0 Å². The Bertz CT molecular complexity index is 343. The molecule has 1 fully saturated rings. The summed E-state index contributed by atoms with van der Waals surface area (Å²) >= 11 is 0. The molecule has 0 heterocycles. The fourth-order valence-electron chi connectivity index (χ4n) is 2.57. The molecule has 0 saturated heterocycles. The van der Waals surface area contributed by atoms with Crippen molar-refractivity contribution in [3.63, 3.8) is 0 Å². The number of nitrogens with one attached hydrogen (secondary N) is 1. The Morgan fingerprint density at radius 3 is 2.59 bits per heavy atom. The second kappa shape index (κ2) is 6.18. The molecule has 0 aromatic heterocycles. The van der Waals surface area contributed by atoms with Crippen LogP contribution in [0.3, 0.4) is 0 Å². The molecule has 17 heavy (non-hydrogen) atoms. The molecule has 0 radical (unpaired) electrons. The van der Waals surface area contributed by atoms with Crippen LogP contribution < -0.4 is 5.32 Å². The van der Waals surface area contributed by atoms with Gasteiger partial charge in [0, 0.05) is 6.54 Å². The van der Waals surface area contributed by atoms with E-state index < -0.39 is 0 Å². The summed E-state index contributed by atoms with van der Waals surface area (Å²) in [6.07, 6.45) is 4.26. The van der Waals surface area contributed by atoms with Crippen LogP contribution in [0.15, 0.2) is 24.3 Å². The molecular formula is C15H23NO. The molecule has 0 bridgehead atoms. The van der Waals surface area contributed by atoms with E-state index in [4.69, 9.17) is 0 Å². The molecule has 0 atom stereocenters. The third-order valence-electron chi connectivity index (χ3n) is 3.83. The first kappa shape index (κ1) is 12.6. The Balaban J connectivity index is 1.71. The van der Waals surface area contributed by atoms with E-state index in [1.807, 2.05) is 0 Å². The largest absolute Gasteiger partial charge is 0.393 e. The molecule has 1 aliphatic rings. The number of hydrogen-bond donors (Lipinski definition) is 2. The maximum atomic E-state index is 9.45. The molecule has 94 valence electrons. The highest BCUT2D eigenvalue weighted by Crippen LogP contribution is 2.23. The van der Waals surface area contributed by atoms with Crippen LogP contribution in [0.2, 0.25) is 0 Å². The van der Waals surface area contributed by atoms with Gasteiger partial charge in [-0.2, -0.15) is 0 Å². The van der Waals surface area contributed by atoms with Gasteiger partial charge in [-0.3, -0.25) is 0 Å². The zero-order valence-corrected chi connectivity index (χ0v) is 10.7. The molecule has 2 rings (SSSR count). The van der Waals surface area contributed by atoms with E-state index in [9.17, 15) is 5.11 Å². The number of aryl methyl sites for hydroxylation is 1. The molecule has 1 aromatic rings. The zero-order valence-electron chi connectivity index (χ0n) is 10.7. The van der Waals surface area contributed by atoms with Gasteiger partial charge in [-0.15, -0.1) is 0 Å². The lowest BCUT2D eigenvalue weighted by atomic mass is 9.87. The van der Waals surface area contributed by atoms with E-state index in [1.54, 1.807) is 0 Å². The van der Waals surface area contributed by atoms with E-state index >= 15 is 0 Å². The highest BCUT2D eigenvalue weighted by molar-refractivity contribution is 5.25. The van der Waals surface area contributed by atoms with Gasteiger partial charge in [-0.05, 0) is 56.2 Å². The summed E-state index contributed by atoms with van der Waals surface area (Å²) in [5.74, 6) is 0.752. The van der Waals surface area contributed by atoms with Gasteiger partial charge in [0.15, 0.2) is 0 Å². The van der Waals surface area contributed by atoms with Gasteiger partial charge in [0.2, 0.25) is 0 Å². The van der Waals surface area contributed by atoms with Gasteiger partial charge in [0.1, 0.15) is 0 Å². The minimum Gasteiger partial charge on any atom is -0.393 e. The van der Waals surface area contributed by atoms with Crippen molar-refractivity contribution in [3.05, 3.63) is 35.4 Å². The topological polar surface area (TPSA) is 32.3 Å². The lowest BCUT2D eigenvalue weighted by Crippen LogP contribution is -2.27. The van der Waals surface area contributed by atoms with Crippen molar-refractivity contribution in [2.75, 3.05) is 6.54 Å². The maximum Gasteiger partial charge on any atom is 0.0540 e. The lowest BCUT2D eigenvalue weighted by Gasteiger charge is -2.25. The minimum atomic E-state index is -0.0392. The predicted octanol–water partition coefficient (Wildman–Crippen LogP) is 2.64. The summed E-state index contributed by atoms with van der Waals surface area (Å²) < 4.78 is 0. The van der Waals surface area contributed by atoms with Gasteiger partial charge in [0.05, 0.1) is 6.10 Å². The Morgan fingerprint density at radius 1 is 1.18 bits per heavy atom. The summed E-state index contributed by atoms with van der Waals surface area (Å²) in [6.45, 7) is 4.21. The molecule has 1 aliphatic carbocycles. The van der Waals surface area contributed by atoms with E-state index in [1.165, 1.54) is 24.0 Å². The van der Waals surface area contributed by atoms with Crippen LogP contribution in [0.1, 0.15) is 36.8 Å². The van der Waals surface area contributed by atoms with Crippen molar-refractivity contribution in [1.82, 2.24) is 5.32 Å². The summed E-state index contributed by atoms with van der Waals surface area (Å²) in [6, 6.07) is 8.53. The predicted molar refractivity (Wildman–Crippen MR) is 70.9 cm³/mol. The van der Waals surface area contributed by atoms with Crippen LogP contribution in [-0.2, 0) is 6.54 Å². The van der Waals surface area contributed by atoms with Crippen LogP contribution in [-0.4, -0.2) is 17.8 Å². The Kier molecular flexibility index (Phi) is 4.57. The van der Waals surface area contributed by atoms with Crippen molar-refractivity contribution in [2.24, 2.45) is 5.92 Å². The van der Waals surface area contributed by atoms with E-state index in [0.717, 1.165) is 31.8 Å². The van der Waals surface area contributed by atoms with Crippen LogP contribution in [0.25, 0.3) is 0 Å². The number of aliphatic hydroxyl groups is 1. The highest BCUT2D eigenvalue weighted by atomic mass is 16.3. The lowest BCUT2D eigenvalue weighted by molar-refractivity contribution is 0.108. The summed E-state index contributed by atoms with van der Waals surface area (Å²) in [7, 11) is 0. The average Bonchev–Trinajstić information content (AvgIpc) is 2.34. The van der Waals surface area contributed by atoms with E-state index in [-0.39, 0.29) is 6.10 Å². The molecule has 1 saturated carbocycles. The normalized spacial score (nSPS) is 24.8. The van der Waals surface area contributed by atoms with E-state index in [2.05, 4.69) is 36.5 Å². The molecule has 0 aliphatic heterocycles. The van der Waals surface area contributed by atoms with Gasteiger partial charge < -0.3 is 10.4 Å². The van der Waals surface area contributed by atoms with Crippen molar-refractivity contribution < 1.29 is 5.11 Å². The van der Waals surface area contributed by atoms with Gasteiger partial charge in [0.25, 0.3) is 0 Å². The SMILES string of the molecule is Cc1ccccc1CNCC1CCC(O)CC1. The van der Waals surface area contributed by atoms with Gasteiger partial charge in [-0.1, -0.05) is 24.3 Å². The monoisotopic (exact) mass is 233 g/mol. The molecular weight excluding hydrogens is 210 g/mol. The average molecular weight is 233 g/mol. The summed E-state index contributed by atoms with van der Waals surface area (Å²) in [4.78, 5) is 0. The number of rotatable bonds is 4. The third-order valence-corrected chi connectivity index (χ3v) is 3.83. The number of aliphatic hydroxyl groups excluding tert-OH is 1. The number of hydrogen-bond acceptors (Lipinski definition) is 2. The van der Waals surface area contributed by atoms with Crippen LogP contribution >= 0.6 is 0 Å². The van der Waals surface area contributed by atoms with Crippen molar-refractivity contribution in [2.45, 2.75) is 45.3 Å². The Hall–Kier alpha value is -0.860. The van der Waals surface area contributed by atoms with Crippen LogP contribution in [0.4, 0.5) is 0 Å². The highest BCUT2D eigenvalue weighted by Gasteiger charge is 2.18. The van der Waals surface area contributed by atoms with Crippen LogP contribution in [0, 0.1) is 12.8 Å². The number of benzene rings is 1. The van der Waals surface area contributed by atoms with Crippen molar-refractivity contribution in [3.8, 4) is 0 Å². The molecule has 0 amide bonds. The maximum absolute atomic E-state index is 9.45. The third kappa shape index (κ3) is 3.83. The second-order valence-corrected chi connectivity index (χ2v) is 5.23. The molecule has 2 N–H and O–H groups in total. The first-order valence-corrected chi connectivity index (χ1v) is 6.69. The van der Waals surface area contributed by atoms with E-state index in [0.29, 0.717) is 0 Å². The molecule has 0 unspecified atom stereocenters. The summed E-state index contributed by atoms with van der Waals surface area (Å²) in [5.41, 5.74) is 2.75. The van der Waals surface area contributed by atoms with Crippen LogP contribution in [0.5, 0.6) is 0 Å². The quantitative estimate of drug-likeness (QED) is 0.838. The van der Waals surface area contributed by atoms with Crippen molar-refractivity contribution >= 4 is 0 Å². The second-order valence-electron chi connectivity index (χ2n) is 5.23. The summed E-state index contributed by atoms with van der Waals surface area (Å²) in [5, 5.41) is 13.0. The Morgan fingerprint density at radius 2 is 1.88 bits per heavy atom. The zero-order chi connectivity index (χ0) is 12.1. The molecule has 0 spiro atoms. The molecule has 2 heteroatoms. The first-order valence-electron chi connectivity index (χ1n) is 6.69. The first-order chi connectivity index (χ1) is 8.25. The standard InChI is InChI=1S/C15H23NO/c1-12-4-2-3-5-14(12)11-16-10-13-6-8-15(17)9-7-13/h2-5,13,15-17H,6-11H2,1H3. The molecule has 2 nitrogen and oxygen atoms in total. The fourth-order valence-corrected chi connectivity index (χ4v) is 2.57. The minimum absolute atomic E-state index is 0.0392. The smallest absolute Gasteiger partial charge is 0.0540 e. The van der Waals surface area contributed by atoms with Gasteiger partial charge >= 0.3 is 0 Å². The fraction of sp³-hybridized carbons (Fsp3) is 0.600. The Labute approximate surface area is 104 Å².